The van der Waals surface area contributed by atoms with Gasteiger partial charge in [-0.05, 0) is 31.8 Å². The molecule has 0 aromatic carbocycles. The standard InChI is InChI=1S/C13H26ClNO3/c1-16-8-9-18-11-10-17-7-6-15-4-2-13(12-14)3-5-15/h13H,2-12H2,1H3. The fraction of sp³-hybridized carbons (Fsp3) is 1.00. The fourth-order valence-corrected chi connectivity index (χ4v) is 2.33. The van der Waals surface area contributed by atoms with Gasteiger partial charge in [0.15, 0.2) is 0 Å². The molecule has 5 heteroatoms. The van der Waals surface area contributed by atoms with Crippen LogP contribution in [0.4, 0.5) is 0 Å². The Kier molecular flexibility index (Phi) is 9.89. The molecule has 0 radical (unpaired) electrons. The molecule has 0 aromatic rings. The van der Waals surface area contributed by atoms with E-state index in [1.54, 1.807) is 7.11 Å². The summed E-state index contributed by atoms with van der Waals surface area (Å²) < 4.78 is 15.7. The smallest absolute Gasteiger partial charge is 0.0701 e. The van der Waals surface area contributed by atoms with E-state index >= 15 is 0 Å². The molecule has 0 bridgehead atoms. The molecule has 1 heterocycles. The molecular weight excluding hydrogens is 254 g/mol. The highest BCUT2D eigenvalue weighted by molar-refractivity contribution is 6.18. The minimum absolute atomic E-state index is 0.645. The molecule has 1 aliphatic rings. The van der Waals surface area contributed by atoms with Crippen LogP contribution in [0.5, 0.6) is 0 Å². The van der Waals surface area contributed by atoms with Gasteiger partial charge in [-0.25, -0.2) is 0 Å². The van der Waals surface area contributed by atoms with Crippen molar-refractivity contribution in [2.45, 2.75) is 12.8 Å². The number of rotatable bonds is 10. The minimum Gasteiger partial charge on any atom is -0.382 e. The number of halogens is 1. The van der Waals surface area contributed by atoms with Gasteiger partial charge in [-0.15, -0.1) is 11.6 Å². The highest BCUT2D eigenvalue weighted by Crippen LogP contribution is 2.17. The van der Waals surface area contributed by atoms with Crippen molar-refractivity contribution in [3.8, 4) is 0 Å². The van der Waals surface area contributed by atoms with Crippen LogP contribution in [-0.4, -0.2) is 70.6 Å². The van der Waals surface area contributed by atoms with Crippen molar-refractivity contribution >= 4 is 11.6 Å². The molecular formula is C13H26ClNO3. The predicted molar refractivity (Wildman–Crippen MR) is 73.4 cm³/mol. The number of alkyl halides is 1. The number of hydrogen-bond donors (Lipinski definition) is 0. The monoisotopic (exact) mass is 279 g/mol. The maximum atomic E-state index is 5.86. The maximum Gasteiger partial charge on any atom is 0.0701 e. The summed E-state index contributed by atoms with van der Waals surface area (Å²) in [7, 11) is 1.67. The molecule has 1 fully saturated rings. The van der Waals surface area contributed by atoms with Crippen LogP contribution in [0.2, 0.25) is 0 Å². The Labute approximate surface area is 116 Å². The molecule has 0 atom stereocenters. The van der Waals surface area contributed by atoms with Crippen LogP contribution in [0, 0.1) is 5.92 Å². The Hall–Kier alpha value is 0.130. The summed E-state index contributed by atoms with van der Waals surface area (Å²) >= 11 is 5.86. The first-order valence-electron chi connectivity index (χ1n) is 6.79. The van der Waals surface area contributed by atoms with Gasteiger partial charge in [0, 0.05) is 19.5 Å². The van der Waals surface area contributed by atoms with Gasteiger partial charge in [-0.1, -0.05) is 0 Å². The molecule has 0 saturated carbocycles. The first-order valence-corrected chi connectivity index (χ1v) is 7.33. The Balaban J connectivity index is 1.84. The van der Waals surface area contributed by atoms with Crippen molar-refractivity contribution in [1.82, 2.24) is 4.90 Å². The van der Waals surface area contributed by atoms with E-state index in [0.717, 1.165) is 38.0 Å². The number of ether oxygens (including phenoxy) is 3. The van der Waals surface area contributed by atoms with E-state index in [4.69, 9.17) is 25.8 Å². The number of nitrogens with zero attached hydrogens (tertiary/aromatic N) is 1. The van der Waals surface area contributed by atoms with Crippen LogP contribution in [0.15, 0.2) is 0 Å². The van der Waals surface area contributed by atoms with E-state index in [-0.39, 0.29) is 0 Å². The molecule has 1 aliphatic heterocycles. The lowest BCUT2D eigenvalue weighted by Gasteiger charge is -2.30. The Morgan fingerprint density at radius 1 is 1.00 bits per heavy atom. The molecule has 1 rings (SSSR count). The van der Waals surface area contributed by atoms with Gasteiger partial charge < -0.3 is 19.1 Å². The zero-order chi connectivity index (χ0) is 13.1. The molecule has 0 spiro atoms. The van der Waals surface area contributed by atoms with Crippen molar-refractivity contribution in [1.29, 1.82) is 0 Å². The zero-order valence-electron chi connectivity index (χ0n) is 11.4. The second-order valence-corrected chi connectivity index (χ2v) is 4.97. The van der Waals surface area contributed by atoms with E-state index in [1.807, 2.05) is 0 Å². The summed E-state index contributed by atoms with van der Waals surface area (Å²) in [5, 5.41) is 0. The third kappa shape index (κ3) is 7.54. The largest absolute Gasteiger partial charge is 0.382 e. The average molecular weight is 280 g/mol. The minimum atomic E-state index is 0.645. The number of piperidine rings is 1. The van der Waals surface area contributed by atoms with Crippen molar-refractivity contribution in [2.75, 3.05) is 65.7 Å². The van der Waals surface area contributed by atoms with Crippen molar-refractivity contribution in [2.24, 2.45) is 5.92 Å². The van der Waals surface area contributed by atoms with Gasteiger partial charge in [-0.3, -0.25) is 0 Å². The average Bonchev–Trinajstić information content (AvgIpc) is 2.42. The summed E-state index contributed by atoms with van der Waals surface area (Å²) in [6.07, 6.45) is 2.45. The molecule has 0 N–H and O–H groups in total. The van der Waals surface area contributed by atoms with Gasteiger partial charge >= 0.3 is 0 Å². The van der Waals surface area contributed by atoms with E-state index in [9.17, 15) is 0 Å². The highest BCUT2D eigenvalue weighted by Gasteiger charge is 2.17. The van der Waals surface area contributed by atoms with E-state index in [2.05, 4.69) is 4.90 Å². The van der Waals surface area contributed by atoms with Gasteiger partial charge in [0.05, 0.1) is 33.0 Å². The second-order valence-electron chi connectivity index (χ2n) is 4.66. The lowest BCUT2D eigenvalue weighted by molar-refractivity contribution is 0.0175. The first-order chi connectivity index (χ1) is 8.86. The zero-order valence-corrected chi connectivity index (χ0v) is 12.2. The molecule has 0 amide bonds. The third-order valence-corrected chi connectivity index (χ3v) is 3.72. The van der Waals surface area contributed by atoms with Crippen LogP contribution in [0.25, 0.3) is 0 Å². The quantitative estimate of drug-likeness (QED) is 0.449. The van der Waals surface area contributed by atoms with E-state index in [1.165, 1.54) is 12.8 Å². The van der Waals surface area contributed by atoms with Crippen LogP contribution >= 0.6 is 11.6 Å². The summed E-state index contributed by atoms with van der Waals surface area (Å²) in [5.74, 6) is 1.53. The summed E-state index contributed by atoms with van der Waals surface area (Å²) in [5.41, 5.74) is 0. The highest BCUT2D eigenvalue weighted by atomic mass is 35.5. The lowest BCUT2D eigenvalue weighted by Crippen LogP contribution is -2.36. The molecule has 0 aromatic heterocycles. The summed E-state index contributed by atoms with van der Waals surface area (Å²) in [6.45, 7) is 6.74. The van der Waals surface area contributed by atoms with Gasteiger partial charge in [-0.2, -0.15) is 0 Å². The normalized spacial score (nSPS) is 18.3. The predicted octanol–water partition coefficient (Wildman–Crippen LogP) is 1.62. The molecule has 108 valence electrons. The third-order valence-electron chi connectivity index (χ3n) is 3.28. The summed E-state index contributed by atoms with van der Waals surface area (Å²) in [4.78, 5) is 2.45. The van der Waals surface area contributed by atoms with Gasteiger partial charge in [0.1, 0.15) is 0 Å². The Morgan fingerprint density at radius 3 is 2.22 bits per heavy atom. The lowest BCUT2D eigenvalue weighted by atomic mass is 9.99. The van der Waals surface area contributed by atoms with Gasteiger partial charge in [0.25, 0.3) is 0 Å². The molecule has 0 aliphatic carbocycles. The van der Waals surface area contributed by atoms with Crippen LogP contribution in [0.3, 0.4) is 0 Å². The van der Waals surface area contributed by atoms with E-state index in [0.29, 0.717) is 26.4 Å². The van der Waals surface area contributed by atoms with Crippen LogP contribution < -0.4 is 0 Å². The number of hydrogen-bond acceptors (Lipinski definition) is 4. The Morgan fingerprint density at radius 2 is 1.61 bits per heavy atom. The van der Waals surface area contributed by atoms with Crippen LogP contribution in [0.1, 0.15) is 12.8 Å². The molecule has 18 heavy (non-hydrogen) atoms. The van der Waals surface area contributed by atoms with Crippen molar-refractivity contribution in [3.63, 3.8) is 0 Å². The topological polar surface area (TPSA) is 30.9 Å². The molecule has 0 unspecified atom stereocenters. The van der Waals surface area contributed by atoms with Gasteiger partial charge in [0.2, 0.25) is 0 Å². The fourth-order valence-electron chi connectivity index (χ4n) is 2.02. The van der Waals surface area contributed by atoms with Crippen molar-refractivity contribution < 1.29 is 14.2 Å². The van der Waals surface area contributed by atoms with Crippen molar-refractivity contribution in [3.05, 3.63) is 0 Å². The number of methoxy groups -OCH3 is 1. The molecule has 1 saturated heterocycles. The van der Waals surface area contributed by atoms with E-state index < -0.39 is 0 Å². The number of likely N-dealkylation sites (tertiary alicyclic amines) is 1. The maximum absolute atomic E-state index is 5.86. The van der Waals surface area contributed by atoms with Crippen LogP contribution in [-0.2, 0) is 14.2 Å². The SMILES string of the molecule is COCCOCCOCCN1CCC(CCl)CC1. The first kappa shape index (κ1) is 16.2. The summed E-state index contributed by atoms with van der Waals surface area (Å²) in [6, 6.07) is 0. The Bertz CT molecular complexity index is 187. The molecule has 4 nitrogen and oxygen atoms in total. The second kappa shape index (κ2) is 11.0.